The summed E-state index contributed by atoms with van der Waals surface area (Å²) in [6.45, 7) is 0.0296. The van der Waals surface area contributed by atoms with E-state index in [1.807, 2.05) is 0 Å². The van der Waals surface area contributed by atoms with E-state index in [1.54, 1.807) is 36.1 Å². The molecule has 0 aliphatic heterocycles. The van der Waals surface area contributed by atoms with Crippen molar-refractivity contribution in [3.05, 3.63) is 41.6 Å². The van der Waals surface area contributed by atoms with Gasteiger partial charge in [0.05, 0.1) is 5.56 Å². The fourth-order valence-corrected chi connectivity index (χ4v) is 2.36. The Bertz CT molecular complexity index is 615. The summed E-state index contributed by atoms with van der Waals surface area (Å²) < 4.78 is 19.6. The number of carboxylic acid groups (broad SMARTS) is 1. The molecule has 1 N–H and O–H groups in total. The number of alkyl halides is 1. The summed E-state index contributed by atoms with van der Waals surface area (Å²) in [5.41, 5.74) is 0.563. The van der Waals surface area contributed by atoms with Crippen molar-refractivity contribution in [3.63, 3.8) is 0 Å². The Hall–Kier alpha value is -2.02. The fraction of sp³-hybridized carbons (Fsp3) is 0.231. The standard InChI is InChI=1S/C13H13FN2O3S/c1-16-6-5-12(15-16)19-7-10-9(13(17)18)3-2-4-11(10)20-8-14/h2-6H,7-8H2,1H3,(H,17,18). The average molecular weight is 296 g/mol. The van der Waals surface area contributed by atoms with Gasteiger partial charge in [-0.3, -0.25) is 4.68 Å². The molecule has 0 bridgehead atoms. The molecule has 0 atom stereocenters. The molecule has 2 rings (SSSR count). The van der Waals surface area contributed by atoms with Crippen LogP contribution >= 0.6 is 11.8 Å². The Morgan fingerprint density at radius 2 is 2.30 bits per heavy atom. The number of benzene rings is 1. The number of hydrogen-bond donors (Lipinski definition) is 1. The number of thioether (sulfide) groups is 1. The Balaban J connectivity index is 2.25. The molecule has 0 unspecified atom stereocenters. The number of ether oxygens (including phenoxy) is 1. The molecule has 0 spiro atoms. The van der Waals surface area contributed by atoms with E-state index in [4.69, 9.17) is 4.74 Å². The highest BCUT2D eigenvalue weighted by atomic mass is 32.2. The Kier molecular flexibility index (Phi) is 4.62. The number of carboxylic acids is 1. The lowest BCUT2D eigenvalue weighted by atomic mass is 10.1. The van der Waals surface area contributed by atoms with Gasteiger partial charge in [0, 0.05) is 29.8 Å². The van der Waals surface area contributed by atoms with Crippen molar-refractivity contribution in [2.75, 3.05) is 6.01 Å². The van der Waals surface area contributed by atoms with Gasteiger partial charge in [0.1, 0.15) is 12.6 Å². The first-order valence-corrected chi connectivity index (χ1v) is 6.76. The number of hydrogen-bond acceptors (Lipinski definition) is 4. The van der Waals surface area contributed by atoms with E-state index < -0.39 is 12.0 Å². The van der Waals surface area contributed by atoms with E-state index >= 15 is 0 Å². The van der Waals surface area contributed by atoms with Gasteiger partial charge in [0.2, 0.25) is 5.88 Å². The molecule has 0 fully saturated rings. The molecule has 1 aromatic carbocycles. The van der Waals surface area contributed by atoms with Crippen molar-refractivity contribution in [1.29, 1.82) is 0 Å². The molecule has 0 amide bonds. The number of aromatic nitrogens is 2. The second-order valence-corrected chi connectivity index (χ2v) is 4.90. The van der Waals surface area contributed by atoms with Crippen LogP contribution in [0.25, 0.3) is 0 Å². The summed E-state index contributed by atoms with van der Waals surface area (Å²) in [5.74, 6) is -0.671. The molecule has 0 aliphatic rings. The van der Waals surface area contributed by atoms with Crippen LogP contribution in [0.15, 0.2) is 35.4 Å². The first-order valence-electron chi connectivity index (χ1n) is 5.78. The molecule has 2 aromatic rings. The molecule has 1 aromatic heterocycles. The monoisotopic (exact) mass is 296 g/mol. The maximum absolute atomic E-state index is 12.5. The molecule has 0 saturated heterocycles. The van der Waals surface area contributed by atoms with Crippen LogP contribution in [0.3, 0.4) is 0 Å². The van der Waals surface area contributed by atoms with Gasteiger partial charge < -0.3 is 9.84 Å². The summed E-state index contributed by atoms with van der Waals surface area (Å²) in [6.07, 6.45) is 1.72. The summed E-state index contributed by atoms with van der Waals surface area (Å²) >= 11 is 0.938. The molecular formula is C13H13FN2O3S. The summed E-state index contributed by atoms with van der Waals surface area (Å²) in [4.78, 5) is 11.8. The lowest BCUT2D eigenvalue weighted by Crippen LogP contribution is -2.07. The van der Waals surface area contributed by atoms with Crippen LogP contribution in [-0.2, 0) is 13.7 Å². The highest BCUT2D eigenvalue weighted by Crippen LogP contribution is 2.27. The first-order chi connectivity index (χ1) is 9.61. The molecule has 0 saturated carbocycles. The summed E-state index contributed by atoms with van der Waals surface area (Å²) in [7, 11) is 1.75. The van der Waals surface area contributed by atoms with Gasteiger partial charge in [-0.05, 0) is 12.1 Å². The highest BCUT2D eigenvalue weighted by Gasteiger charge is 2.15. The summed E-state index contributed by atoms with van der Waals surface area (Å²) in [5, 5.41) is 13.2. The van der Waals surface area contributed by atoms with Gasteiger partial charge in [-0.2, -0.15) is 0 Å². The van der Waals surface area contributed by atoms with E-state index in [1.165, 1.54) is 6.07 Å². The zero-order valence-corrected chi connectivity index (χ0v) is 11.6. The van der Waals surface area contributed by atoms with Crippen LogP contribution in [0.2, 0.25) is 0 Å². The smallest absolute Gasteiger partial charge is 0.336 e. The molecule has 5 nitrogen and oxygen atoms in total. The predicted octanol–water partition coefficient (Wildman–Crippen LogP) is 2.72. The minimum absolute atomic E-state index is 0.0296. The molecule has 7 heteroatoms. The number of rotatable bonds is 6. The van der Waals surface area contributed by atoms with Crippen molar-refractivity contribution >= 4 is 17.7 Å². The van der Waals surface area contributed by atoms with Gasteiger partial charge in [0.25, 0.3) is 0 Å². The number of aryl methyl sites for hydroxylation is 1. The van der Waals surface area contributed by atoms with Crippen molar-refractivity contribution in [2.45, 2.75) is 11.5 Å². The Labute approximate surface area is 119 Å². The normalized spacial score (nSPS) is 10.5. The van der Waals surface area contributed by atoms with Gasteiger partial charge in [-0.25, -0.2) is 9.18 Å². The fourth-order valence-electron chi connectivity index (χ4n) is 1.73. The lowest BCUT2D eigenvalue weighted by Gasteiger charge is -2.11. The minimum Gasteiger partial charge on any atom is -0.478 e. The minimum atomic E-state index is -1.06. The Morgan fingerprint density at radius 1 is 1.50 bits per heavy atom. The maximum atomic E-state index is 12.5. The van der Waals surface area contributed by atoms with Gasteiger partial charge in [-0.15, -0.1) is 5.10 Å². The van der Waals surface area contributed by atoms with Crippen molar-refractivity contribution in [1.82, 2.24) is 9.78 Å². The van der Waals surface area contributed by atoms with Gasteiger partial charge >= 0.3 is 5.97 Å². The number of halogens is 1. The number of aromatic carboxylic acids is 1. The third-order valence-electron chi connectivity index (χ3n) is 2.63. The van der Waals surface area contributed by atoms with Crippen LogP contribution in [0.4, 0.5) is 4.39 Å². The molecular weight excluding hydrogens is 283 g/mol. The van der Waals surface area contributed by atoms with Gasteiger partial charge in [0.15, 0.2) is 0 Å². The lowest BCUT2D eigenvalue weighted by molar-refractivity contribution is 0.0693. The average Bonchev–Trinajstić information content (AvgIpc) is 2.83. The van der Waals surface area contributed by atoms with Crippen molar-refractivity contribution in [3.8, 4) is 5.88 Å². The SMILES string of the molecule is Cn1ccc(OCc2c(SCF)cccc2C(=O)O)n1. The Morgan fingerprint density at radius 3 is 2.90 bits per heavy atom. The molecule has 20 heavy (non-hydrogen) atoms. The third-order valence-corrected chi connectivity index (χ3v) is 3.43. The zero-order chi connectivity index (χ0) is 14.5. The molecule has 1 heterocycles. The molecule has 0 radical (unpaired) electrons. The second-order valence-electron chi connectivity index (χ2n) is 3.96. The quantitative estimate of drug-likeness (QED) is 0.830. The van der Waals surface area contributed by atoms with E-state index in [9.17, 15) is 14.3 Å². The van der Waals surface area contributed by atoms with E-state index in [0.29, 0.717) is 16.3 Å². The topological polar surface area (TPSA) is 64.3 Å². The highest BCUT2D eigenvalue weighted by molar-refractivity contribution is 7.99. The largest absolute Gasteiger partial charge is 0.478 e. The van der Waals surface area contributed by atoms with Crippen molar-refractivity contribution < 1.29 is 19.0 Å². The first kappa shape index (κ1) is 14.4. The van der Waals surface area contributed by atoms with E-state index in [2.05, 4.69) is 5.10 Å². The number of carbonyl (C=O) groups is 1. The molecule has 106 valence electrons. The maximum Gasteiger partial charge on any atom is 0.336 e. The van der Waals surface area contributed by atoms with Crippen LogP contribution in [-0.4, -0.2) is 26.9 Å². The van der Waals surface area contributed by atoms with Crippen LogP contribution < -0.4 is 4.74 Å². The second kappa shape index (κ2) is 6.42. The van der Waals surface area contributed by atoms with Crippen LogP contribution in [0.1, 0.15) is 15.9 Å². The van der Waals surface area contributed by atoms with Gasteiger partial charge in [-0.1, -0.05) is 17.8 Å². The predicted molar refractivity (Wildman–Crippen MR) is 72.8 cm³/mol. The van der Waals surface area contributed by atoms with E-state index in [-0.39, 0.29) is 12.2 Å². The zero-order valence-electron chi connectivity index (χ0n) is 10.7. The third kappa shape index (κ3) is 3.30. The number of nitrogens with zero attached hydrogens (tertiary/aromatic N) is 2. The van der Waals surface area contributed by atoms with Crippen LogP contribution in [0, 0.1) is 0 Å². The van der Waals surface area contributed by atoms with Crippen molar-refractivity contribution in [2.24, 2.45) is 7.05 Å². The summed E-state index contributed by atoms with van der Waals surface area (Å²) in [6, 6.07) is 5.78. The van der Waals surface area contributed by atoms with E-state index in [0.717, 1.165) is 11.8 Å². The molecule has 0 aliphatic carbocycles. The van der Waals surface area contributed by atoms with Crippen LogP contribution in [0.5, 0.6) is 5.88 Å².